The number of nitrogens with one attached hydrogen (secondary N) is 1. The van der Waals surface area contributed by atoms with Gasteiger partial charge in [0.1, 0.15) is 11.3 Å². The Hall–Kier alpha value is -2.10. The number of amides is 1. The first kappa shape index (κ1) is 18.7. The molecule has 0 bridgehead atoms. The van der Waals surface area contributed by atoms with Crippen LogP contribution in [-0.4, -0.2) is 70.4 Å². The number of hydrogen-bond donors (Lipinski definition) is 2. The molecule has 26 heavy (non-hydrogen) atoms. The first-order chi connectivity index (χ1) is 12.7. The monoisotopic (exact) mass is 376 g/mol. The van der Waals surface area contributed by atoms with E-state index in [1.807, 2.05) is 6.07 Å². The largest absolute Gasteiger partial charge is 0.396 e. The number of nitrogens with zero attached hydrogens (tertiary/aromatic N) is 5. The molecule has 9 heteroatoms. The third-order valence-electron chi connectivity index (χ3n) is 4.67. The molecule has 3 rings (SSSR count). The smallest absolute Gasteiger partial charge is 0.259 e. The van der Waals surface area contributed by atoms with Crippen molar-refractivity contribution in [1.29, 1.82) is 0 Å². The topological polar surface area (TPSA) is 94.5 Å². The average Bonchev–Trinajstić information content (AvgIpc) is 3.19. The van der Waals surface area contributed by atoms with Gasteiger partial charge in [-0.3, -0.25) is 10.1 Å². The van der Waals surface area contributed by atoms with Crippen molar-refractivity contribution in [2.45, 2.75) is 25.3 Å². The molecule has 0 atom stereocenters. The maximum absolute atomic E-state index is 12.2. The number of carbonyl (C=O) groups is 1. The normalized spacial score (nSPS) is 15.4. The molecule has 8 nitrogen and oxygen atoms in total. The molecule has 1 fully saturated rings. The summed E-state index contributed by atoms with van der Waals surface area (Å²) in [4.78, 5) is 21.2. The molecule has 0 saturated carbocycles. The van der Waals surface area contributed by atoms with Crippen LogP contribution in [0.2, 0.25) is 0 Å². The van der Waals surface area contributed by atoms with E-state index in [1.54, 1.807) is 17.8 Å². The molecule has 0 spiro atoms. The molecule has 0 aliphatic carbocycles. The number of rotatable bonds is 7. The fraction of sp³-hybridized carbons (Fsp3) is 0.529. The maximum Gasteiger partial charge on any atom is 0.259 e. The SMILES string of the molecule is CN(CCCO)C1CCN(c2ccc(C(=O)Nc3nncs3)cn2)CC1. The van der Waals surface area contributed by atoms with Crippen LogP contribution in [0.4, 0.5) is 10.9 Å². The second-order valence-corrected chi connectivity index (χ2v) is 7.21. The Balaban J connectivity index is 1.52. The van der Waals surface area contributed by atoms with E-state index >= 15 is 0 Å². The van der Waals surface area contributed by atoms with Crippen LogP contribution in [0.25, 0.3) is 0 Å². The zero-order chi connectivity index (χ0) is 18.4. The molecular weight excluding hydrogens is 352 g/mol. The van der Waals surface area contributed by atoms with Gasteiger partial charge in [-0.15, -0.1) is 10.2 Å². The molecule has 1 aliphatic rings. The number of aliphatic hydroxyl groups excluding tert-OH is 1. The summed E-state index contributed by atoms with van der Waals surface area (Å²) in [6.45, 7) is 3.05. The molecule has 140 valence electrons. The van der Waals surface area contributed by atoms with Gasteiger partial charge < -0.3 is 14.9 Å². The molecule has 1 aliphatic heterocycles. The fourth-order valence-electron chi connectivity index (χ4n) is 3.14. The van der Waals surface area contributed by atoms with Crippen molar-refractivity contribution in [1.82, 2.24) is 20.1 Å². The molecule has 1 amide bonds. The Morgan fingerprint density at radius 1 is 1.42 bits per heavy atom. The lowest BCUT2D eigenvalue weighted by molar-refractivity contribution is 0.102. The van der Waals surface area contributed by atoms with E-state index in [9.17, 15) is 4.79 Å². The fourth-order valence-corrected chi connectivity index (χ4v) is 3.58. The van der Waals surface area contributed by atoms with Crippen LogP contribution in [-0.2, 0) is 0 Å². The van der Waals surface area contributed by atoms with Crippen molar-refractivity contribution in [3.05, 3.63) is 29.4 Å². The molecule has 2 aromatic heterocycles. The van der Waals surface area contributed by atoms with Crippen molar-refractivity contribution in [3.63, 3.8) is 0 Å². The van der Waals surface area contributed by atoms with Crippen molar-refractivity contribution >= 4 is 28.2 Å². The highest BCUT2D eigenvalue weighted by Crippen LogP contribution is 2.21. The molecule has 0 aromatic carbocycles. The minimum atomic E-state index is -0.231. The Morgan fingerprint density at radius 2 is 2.23 bits per heavy atom. The summed E-state index contributed by atoms with van der Waals surface area (Å²) >= 11 is 1.28. The van der Waals surface area contributed by atoms with Crippen molar-refractivity contribution < 1.29 is 9.90 Å². The number of hydrogen-bond acceptors (Lipinski definition) is 8. The van der Waals surface area contributed by atoms with E-state index in [-0.39, 0.29) is 12.5 Å². The lowest BCUT2D eigenvalue weighted by Crippen LogP contribution is -2.44. The summed E-state index contributed by atoms with van der Waals surface area (Å²) < 4.78 is 0. The quantitative estimate of drug-likeness (QED) is 0.755. The van der Waals surface area contributed by atoms with Gasteiger partial charge in [0, 0.05) is 38.5 Å². The standard InChI is InChI=1S/C17H24N6O2S/c1-22(7-2-10-24)14-5-8-23(9-6-14)15-4-3-13(11-18-15)16(25)20-17-21-19-12-26-17/h3-4,11-12,14,24H,2,5-10H2,1H3,(H,20,21,25). The minimum Gasteiger partial charge on any atom is -0.396 e. The Morgan fingerprint density at radius 3 is 2.85 bits per heavy atom. The average molecular weight is 376 g/mol. The zero-order valence-corrected chi connectivity index (χ0v) is 15.7. The highest BCUT2D eigenvalue weighted by molar-refractivity contribution is 7.13. The number of piperidine rings is 1. The Kier molecular flexibility index (Phi) is 6.48. The Bertz CT molecular complexity index is 686. The van der Waals surface area contributed by atoms with Crippen LogP contribution in [0.1, 0.15) is 29.6 Å². The van der Waals surface area contributed by atoms with E-state index in [1.165, 1.54) is 11.3 Å². The number of carbonyl (C=O) groups excluding carboxylic acids is 1. The van der Waals surface area contributed by atoms with Crippen LogP contribution in [0, 0.1) is 0 Å². The van der Waals surface area contributed by atoms with Crippen molar-refractivity contribution in [2.75, 3.05) is 43.5 Å². The van der Waals surface area contributed by atoms with E-state index in [4.69, 9.17) is 5.11 Å². The molecule has 3 heterocycles. The first-order valence-corrected chi connectivity index (χ1v) is 9.65. The van der Waals surface area contributed by atoms with E-state index in [0.29, 0.717) is 16.7 Å². The van der Waals surface area contributed by atoms with Crippen LogP contribution in [0.3, 0.4) is 0 Å². The molecule has 2 aromatic rings. The second-order valence-electron chi connectivity index (χ2n) is 6.38. The number of anilines is 2. The summed E-state index contributed by atoms with van der Waals surface area (Å²) in [5, 5.41) is 19.6. The highest BCUT2D eigenvalue weighted by Gasteiger charge is 2.23. The molecule has 0 radical (unpaired) electrons. The van der Waals surface area contributed by atoms with Crippen LogP contribution in [0.15, 0.2) is 23.8 Å². The molecule has 1 saturated heterocycles. The Labute approximate surface area is 156 Å². The van der Waals surface area contributed by atoms with Gasteiger partial charge in [-0.05, 0) is 38.4 Å². The first-order valence-electron chi connectivity index (χ1n) is 8.77. The lowest BCUT2D eigenvalue weighted by atomic mass is 10.0. The second kappa shape index (κ2) is 9.02. The molecule has 0 unspecified atom stereocenters. The molecule has 2 N–H and O–H groups in total. The van der Waals surface area contributed by atoms with Gasteiger partial charge in [-0.1, -0.05) is 11.3 Å². The predicted octanol–water partition coefficient (Wildman–Crippen LogP) is 1.47. The van der Waals surface area contributed by atoms with E-state index < -0.39 is 0 Å². The zero-order valence-electron chi connectivity index (χ0n) is 14.8. The predicted molar refractivity (Wildman–Crippen MR) is 102 cm³/mol. The van der Waals surface area contributed by atoms with Gasteiger partial charge in [0.2, 0.25) is 5.13 Å². The summed E-state index contributed by atoms with van der Waals surface area (Å²) in [7, 11) is 2.12. The van der Waals surface area contributed by atoms with Crippen LogP contribution in [0.5, 0.6) is 0 Å². The van der Waals surface area contributed by atoms with Gasteiger partial charge in [0.05, 0.1) is 5.56 Å². The third-order valence-corrected chi connectivity index (χ3v) is 5.28. The molecular formula is C17H24N6O2S. The lowest BCUT2D eigenvalue weighted by Gasteiger charge is -2.37. The van der Waals surface area contributed by atoms with Crippen molar-refractivity contribution in [3.8, 4) is 0 Å². The summed E-state index contributed by atoms with van der Waals surface area (Å²) in [5.41, 5.74) is 2.07. The number of pyridine rings is 1. The van der Waals surface area contributed by atoms with Gasteiger partial charge in [-0.25, -0.2) is 4.98 Å². The summed E-state index contributed by atoms with van der Waals surface area (Å²) in [6.07, 6.45) is 4.57. The third kappa shape index (κ3) is 4.75. The van der Waals surface area contributed by atoms with E-state index in [2.05, 4.69) is 37.3 Å². The van der Waals surface area contributed by atoms with Crippen molar-refractivity contribution in [2.24, 2.45) is 0 Å². The van der Waals surface area contributed by atoms with Gasteiger partial charge in [0.15, 0.2) is 0 Å². The highest BCUT2D eigenvalue weighted by atomic mass is 32.1. The van der Waals surface area contributed by atoms with Gasteiger partial charge in [0.25, 0.3) is 5.91 Å². The number of aliphatic hydroxyl groups is 1. The van der Waals surface area contributed by atoms with Gasteiger partial charge >= 0.3 is 0 Å². The summed E-state index contributed by atoms with van der Waals surface area (Å²) in [6, 6.07) is 4.23. The van der Waals surface area contributed by atoms with Crippen LogP contribution >= 0.6 is 11.3 Å². The van der Waals surface area contributed by atoms with Gasteiger partial charge in [-0.2, -0.15) is 0 Å². The number of aromatic nitrogens is 3. The van der Waals surface area contributed by atoms with Crippen LogP contribution < -0.4 is 10.2 Å². The summed E-state index contributed by atoms with van der Waals surface area (Å²) in [5.74, 6) is 0.666. The maximum atomic E-state index is 12.2. The minimum absolute atomic E-state index is 0.231. The van der Waals surface area contributed by atoms with E-state index in [0.717, 1.165) is 44.7 Å².